The van der Waals surface area contributed by atoms with Crippen molar-refractivity contribution < 1.29 is 13.2 Å². The summed E-state index contributed by atoms with van der Waals surface area (Å²) < 4.78 is 28.6. The average Bonchev–Trinajstić information content (AvgIpc) is 1.91. The van der Waals surface area contributed by atoms with Gasteiger partial charge in [-0.25, -0.2) is 8.42 Å². The third-order valence-corrected chi connectivity index (χ3v) is 3.22. The summed E-state index contributed by atoms with van der Waals surface area (Å²) in [5, 5.41) is 0. The molecule has 6 heteroatoms. The lowest BCUT2D eigenvalue weighted by Gasteiger charge is -2.36. The van der Waals surface area contributed by atoms with Crippen LogP contribution in [0.3, 0.4) is 0 Å². The van der Waals surface area contributed by atoms with Gasteiger partial charge in [-0.05, 0) is 13.0 Å². The molecule has 0 aromatic carbocycles. The zero-order valence-electron chi connectivity index (χ0n) is 7.77. The van der Waals surface area contributed by atoms with E-state index in [2.05, 4.69) is 0 Å². The summed E-state index contributed by atoms with van der Waals surface area (Å²) in [4.78, 5) is 0. The summed E-state index contributed by atoms with van der Waals surface area (Å²) in [5.41, 5.74) is 5.28. The first-order valence-electron chi connectivity index (χ1n) is 4.31. The van der Waals surface area contributed by atoms with Gasteiger partial charge in [0.2, 0.25) is 10.0 Å². The fraction of sp³-hybridized carbons (Fsp3) is 1.00. The smallest absolute Gasteiger partial charge is 0.211 e. The maximum absolute atomic E-state index is 10.9. The third kappa shape index (κ3) is 3.22. The highest BCUT2D eigenvalue weighted by atomic mass is 32.2. The Hall–Kier alpha value is -0.170. The molecule has 0 saturated carbocycles. The SMILES string of the molecule is CS(=O)(=O)N1CC(OCCCN)C1. The molecule has 1 aliphatic rings. The van der Waals surface area contributed by atoms with Gasteiger partial charge in [0, 0.05) is 19.7 Å². The number of sulfonamides is 1. The second-order valence-corrected chi connectivity index (χ2v) is 5.20. The number of ether oxygens (including phenoxy) is 1. The summed E-state index contributed by atoms with van der Waals surface area (Å²) in [6.45, 7) is 2.22. The molecular weight excluding hydrogens is 192 g/mol. The van der Waals surface area contributed by atoms with Crippen LogP contribution in [0.25, 0.3) is 0 Å². The highest BCUT2D eigenvalue weighted by Gasteiger charge is 2.33. The van der Waals surface area contributed by atoms with Gasteiger partial charge in [-0.3, -0.25) is 0 Å². The van der Waals surface area contributed by atoms with E-state index in [1.807, 2.05) is 0 Å². The van der Waals surface area contributed by atoms with Crippen LogP contribution in [0.1, 0.15) is 6.42 Å². The van der Waals surface area contributed by atoms with Crippen molar-refractivity contribution >= 4 is 10.0 Å². The molecule has 0 radical (unpaired) electrons. The summed E-state index contributed by atoms with van der Waals surface area (Å²) in [6, 6.07) is 0. The van der Waals surface area contributed by atoms with Gasteiger partial charge in [0.05, 0.1) is 12.4 Å². The second kappa shape index (κ2) is 4.36. The van der Waals surface area contributed by atoms with Crippen LogP contribution in [-0.4, -0.2) is 51.3 Å². The normalized spacial score (nSPS) is 20.2. The maximum atomic E-state index is 10.9. The molecule has 0 unspecified atom stereocenters. The molecule has 1 rings (SSSR count). The lowest BCUT2D eigenvalue weighted by molar-refractivity contribution is -0.0197. The van der Waals surface area contributed by atoms with Crippen LogP contribution in [-0.2, 0) is 14.8 Å². The minimum absolute atomic E-state index is 0.0706. The van der Waals surface area contributed by atoms with Crippen molar-refractivity contribution in [1.82, 2.24) is 4.31 Å². The maximum Gasteiger partial charge on any atom is 0.211 e. The van der Waals surface area contributed by atoms with E-state index < -0.39 is 10.0 Å². The molecule has 0 amide bonds. The Bertz CT molecular complexity index is 246. The van der Waals surface area contributed by atoms with Crippen LogP contribution >= 0.6 is 0 Å². The first-order chi connectivity index (χ1) is 6.04. The van der Waals surface area contributed by atoms with E-state index >= 15 is 0 Å². The van der Waals surface area contributed by atoms with Gasteiger partial charge in [0.25, 0.3) is 0 Å². The molecule has 78 valence electrons. The molecule has 5 nitrogen and oxygen atoms in total. The van der Waals surface area contributed by atoms with E-state index in [4.69, 9.17) is 10.5 Å². The van der Waals surface area contributed by atoms with Crippen molar-refractivity contribution in [3.63, 3.8) is 0 Å². The molecule has 1 aliphatic heterocycles. The monoisotopic (exact) mass is 208 g/mol. The molecule has 13 heavy (non-hydrogen) atoms. The van der Waals surface area contributed by atoms with Gasteiger partial charge < -0.3 is 10.5 Å². The average molecular weight is 208 g/mol. The van der Waals surface area contributed by atoms with E-state index in [-0.39, 0.29) is 6.10 Å². The van der Waals surface area contributed by atoms with E-state index in [9.17, 15) is 8.42 Å². The fourth-order valence-corrected chi connectivity index (χ4v) is 1.98. The van der Waals surface area contributed by atoms with Crippen LogP contribution < -0.4 is 5.73 Å². The van der Waals surface area contributed by atoms with Crippen molar-refractivity contribution in [3.05, 3.63) is 0 Å². The summed E-state index contributed by atoms with van der Waals surface area (Å²) in [7, 11) is -3.00. The predicted molar refractivity (Wildman–Crippen MR) is 49.8 cm³/mol. The zero-order chi connectivity index (χ0) is 9.90. The van der Waals surface area contributed by atoms with Crippen molar-refractivity contribution in [2.24, 2.45) is 5.73 Å². The molecule has 1 fully saturated rings. The van der Waals surface area contributed by atoms with Gasteiger partial charge in [-0.2, -0.15) is 4.31 Å². The van der Waals surface area contributed by atoms with Crippen LogP contribution in [0.2, 0.25) is 0 Å². The Balaban J connectivity index is 2.12. The van der Waals surface area contributed by atoms with Gasteiger partial charge >= 0.3 is 0 Å². The highest BCUT2D eigenvalue weighted by Crippen LogP contribution is 2.14. The lowest BCUT2D eigenvalue weighted by Crippen LogP contribution is -2.54. The Labute approximate surface area is 78.9 Å². The molecular formula is C7H16N2O3S. The largest absolute Gasteiger partial charge is 0.375 e. The first kappa shape index (κ1) is 10.9. The van der Waals surface area contributed by atoms with Gasteiger partial charge in [-0.1, -0.05) is 0 Å². The molecule has 1 heterocycles. The molecule has 0 spiro atoms. The van der Waals surface area contributed by atoms with Crippen molar-refractivity contribution in [2.45, 2.75) is 12.5 Å². The predicted octanol–water partition coefficient (Wildman–Crippen LogP) is -1.00. The van der Waals surface area contributed by atoms with E-state index in [0.29, 0.717) is 26.2 Å². The summed E-state index contributed by atoms with van der Waals surface area (Å²) >= 11 is 0. The van der Waals surface area contributed by atoms with Crippen LogP contribution in [0.5, 0.6) is 0 Å². The van der Waals surface area contributed by atoms with Gasteiger partial charge in [0.15, 0.2) is 0 Å². The summed E-state index contributed by atoms with van der Waals surface area (Å²) in [5.74, 6) is 0. The Morgan fingerprint density at radius 2 is 2.15 bits per heavy atom. The van der Waals surface area contributed by atoms with Crippen molar-refractivity contribution in [1.29, 1.82) is 0 Å². The molecule has 0 aromatic heterocycles. The number of hydrogen-bond acceptors (Lipinski definition) is 4. The quantitative estimate of drug-likeness (QED) is 0.588. The minimum Gasteiger partial charge on any atom is -0.375 e. The first-order valence-corrected chi connectivity index (χ1v) is 6.15. The summed E-state index contributed by atoms with van der Waals surface area (Å²) in [6.07, 6.45) is 2.11. The minimum atomic E-state index is -3.00. The van der Waals surface area contributed by atoms with Crippen LogP contribution in [0.15, 0.2) is 0 Å². The topological polar surface area (TPSA) is 72.6 Å². The van der Waals surface area contributed by atoms with Crippen LogP contribution in [0, 0.1) is 0 Å². The zero-order valence-corrected chi connectivity index (χ0v) is 8.59. The molecule has 0 aliphatic carbocycles. The highest BCUT2D eigenvalue weighted by molar-refractivity contribution is 7.88. The van der Waals surface area contributed by atoms with E-state index in [1.54, 1.807) is 0 Å². The molecule has 1 saturated heterocycles. The fourth-order valence-electron chi connectivity index (χ4n) is 1.11. The third-order valence-electron chi connectivity index (χ3n) is 1.99. The van der Waals surface area contributed by atoms with Gasteiger partial charge in [0.1, 0.15) is 0 Å². The van der Waals surface area contributed by atoms with E-state index in [0.717, 1.165) is 6.42 Å². The van der Waals surface area contributed by atoms with E-state index in [1.165, 1.54) is 10.6 Å². The lowest BCUT2D eigenvalue weighted by atomic mass is 10.2. The van der Waals surface area contributed by atoms with Crippen LogP contribution in [0.4, 0.5) is 0 Å². The number of hydrogen-bond donors (Lipinski definition) is 1. The Morgan fingerprint density at radius 1 is 1.54 bits per heavy atom. The van der Waals surface area contributed by atoms with Gasteiger partial charge in [-0.15, -0.1) is 0 Å². The van der Waals surface area contributed by atoms with Crippen molar-refractivity contribution in [2.75, 3.05) is 32.5 Å². The molecule has 2 N–H and O–H groups in total. The number of nitrogens with zero attached hydrogens (tertiary/aromatic N) is 1. The number of rotatable bonds is 5. The molecule has 0 atom stereocenters. The van der Waals surface area contributed by atoms with Crippen molar-refractivity contribution in [3.8, 4) is 0 Å². The Morgan fingerprint density at radius 3 is 2.62 bits per heavy atom. The molecule has 0 bridgehead atoms. The standard InChI is InChI=1S/C7H16N2O3S/c1-13(10,11)9-5-7(6-9)12-4-2-3-8/h7H,2-6,8H2,1H3. The second-order valence-electron chi connectivity index (χ2n) is 3.22. The number of nitrogens with two attached hydrogens (primary N) is 1. The molecule has 0 aromatic rings. The Kier molecular flexibility index (Phi) is 3.66.